The highest BCUT2D eigenvalue weighted by Crippen LogP contribution is 2.37. The van der Waals surface area contributed by atoms with E-state index in [1.807, 2.05) is 20.8 Å². The highest BCUT2D eigenvalue weighted by Gasteiger charge is 2.16. The second kappa shape index (κ2) is 8.75. The molecule has 0 bridgehead atoms. The number of halogens is 1. The normalized spacial score (nSPS) is 18.0. The number of hydrogen-bond donors (Lipinski definition) is 1. The van der Waals surface area contributed by atoms with Crippen LogP contribution in [0.15, 0.2) is 16.6 Å². The summed E-state index contributed by atoms with van der Waals surface area (Å²) < 4.78 is 18.1. The average Bonchev–Trinajstić information content (AvgIpc) is 2.96. The van der Waals surface area contributed by atoms with Gasteiger partial charge in [-0.3, -0.25) is 0 Å². The maximum atomic E-state index is 5.86. The highest BCUT2D eigenvalue weighted by atomic mass is 79.9. The molecule has 1 atom stereocenters. The first kappa shape index (κ1) is 17.6. The number of hydrogen-bond acceptors (Lipinski definition) is 4. The van der Waals surface area contributed by atoms with E-state index in [1.165, 1.54) is 12.0 Å². The lowest BCUT2D eigenvalue weighted by molar-refractivity contribution is 0.110. The molecule has 1 unspecified atom stereocenters. The predicted octanol–water partition coefficient (Wildman–Crippen LogP) is 3.90. The Balaban J connectivity index is 2.01. The summed E-state index contributed by atoms with van der Waals surface area (Å²) in [4.78, 5) is 0. The third-order valence-electron chi connectivity index (χ3n) is 3.45. The van der Waals surface area contributed by atoms with Crippen molar-refractivity contribution in [1.29, 1.82) is 0 Å². The lowest BCUT2D eigenvalue weighted by Gasteiger charge is -2.18. The molecule has 1 aliphatic heterocycles. The molecule has 1 fully saturated rings. The van der Waals surface area contributed by atoms with Crippen LogP contribution in [0.4, 0.5) is 0 Å². The van der Waals surface area contributed by atoms with Crippen molar-refractivity contribution in [2.75, 3.05) is 19.8 Å². The van der Waals surface area contributed by atoms with Crippen LogP contribution in [-0.2, 0) is 11.3 Å². The Morgan fingerprint density at radius 1 is 1.41 bits per heavy atom. The molecule has 124 valence electrons. The molecule has 0 saturated carbocycles. The zero-order valence-electron chi connectivity index (χ0n) is 13.7. The van der Waals surface area contributed by atoms with Crippen LogP contribution in [-0.4, -0.2) is 32.0 Å². The minimum absolute atomic E-state index is 0.110. The van der Waals surface area contributed by atoms with Gasteiger partial charge >= 0.3 is 0 Å². The quantitative estimate of drug-likeness (QED) is 0.751. The summed E-state index contributed by atoms with van der Waals surface area (Å²) >= 11 is 3.60. The minimum atomic E-state index is 0.110. The molecule has 2 rings (SSSR count). The van der Waals surface area contributed by atoms with Crippen molar-refractivity contribution in [3.8, 4) is 11.5 Å². The summed E-state index contributed by atoms with van der Waals surface area (Å²) in [6.07, 6.45) is 2.80. The standard InChI is InChI=1S/C17H26BrNO3/c1-4-20-16-9-13(8-15(18)17(16)22-12(2)3)10-19-11-14-6-5-7-21-14/h8-9,12,14,19H,4-7,10-11H2,1-3H3. The maximum absolute atomic E-state index is 5.86. The van der Waals surface area contributed by atoms with Crippen molar-refractivity contribution >= 4 is 15.9 Å². The molecule has 0 amide bonds. The molecule has 0 aromatic heterocycles. The Hall–Kier alpha value is -0.780. The van der Waals surface area contributed by atoms with Crippen LogP contribution in [0.5, 0.6) is 11.5 Å². The first-order valence-corrected chi connectivity index (χ1v) is 8.83. The second-order valence-corrected chi connectivity index (χ2v) is 6.62. The molecule has 1 aliphatic rings. The minimum Gasteiger partial charge on any atom is -0.490 e. The SMILES string of the molecule is CCOc1cc(CNCC2CCCO2)cc(Br)c1OC(C)C. The fraction of sp³-hybridized carbons (Fsp3) is 0.647. The van der Waals surface area contributed by atoms with E-state index < -0.39 is 0 Å². The molecule has 5 heteroatoms. The zero-order chi connectivity index (χ0) is 15.9. The van der Waals surface area contributed by atoms with Crippen LogP contribution in [0.2, 0.25) is 0 Å². The van der Waals surface area contributed by atoms with Gasteiger partial charge in [0, 0.05) is 19.7 Å². The molecule has 22 heavy (non-hydrogen) atoms. The van der Waals surface area contributed by atoms with Crippen LogP contribution in [0.3, 0.4) is 0 Å². The van der Waals surface area contributed by atoms with Gasteiger partial charge in [0.2, 0.25) is 0 Å². The Bertz CT molecular complexity index is 473. The van der Waals surface area contributed by atoms with Gasteiger partial charge in [0.15, 0.2) is 11.5 Å². The van der Waals surface area contributed by atoms with E-state index in [4.69, 9.17) is 14.2 Å². The third-order valence-corrected chi connectivity index (χ3v) is 4.04. The average molecular weight is 372 g/mol. The summed E-state index contributed by atoms with van der Waals surface area (Å²) in [5, 5.41) is 3.46. The van der Waals surface area contributed by atoms with Crippen molar-refractivity contribution in [2.45, 2.75) is 52.4 Å². The molecule has 4 nitrogen and oxygen atoms in total. The lowest BCUT2D eigenvalue weighted by Crippen LogP contribution is -2.25. The molecule has 1 saturated heterocycles. The van der Waals surface area contributed by atoms with E-state index in [9.17, 15) is 0 Å². The van der Waals surface area contributed by atoms with Gasteiger partial charge in [-0.2, -0.15) is 0 Å². The second-order valence-electron chi connectivity index (χ2n) is 5.77. The lowest BCUT2D eigenvalue weighted by atomic mass is 10.2. The molecular formula is C17H26BrNO3. The topological polar surface area (TPSA) is 39.7 Å². The Labute approximate surface area is 141 Å². The molecule has 1 aromatic rings. The van der Waals surface area contributed by atoms with Crippen molar-refractivity contribution in [3.63, 3.8) is 0 Å². The molecule has 0 radical (unpaired) electrons. The monoisotopic (exact) mass is 371 g/mol. The number of benzene rings is 1. The Morgan fingerprint density at radius 3 is 2.86 bits per heavy atom. The van der Waals surface area contributed by atoms with E-state index in [0.29, 0.717) is 12.7 Å². The molecule has 0 aliphatic carbocycles. The van der Waals surface area contributed by atoms with Crippen LogP contribution < -0.4 is 14.8 Å². The van der Waals surface area contributed by atoms with Gasteiger partial charge in [0.25, 0.3) is 0 Å². The van der Waals surface area contributed by atoms with Crippen molar-refractivity contribution < 1.29 is 14.2 Å². The van der Waals surface area contributed by atoms with E-state index in [1.54, 1.807) is 0 Å². The van der Waals surface area contributed by atoms with Gasteiger partial charge < -0.3 is 19.5 Å². The van der Waals surface area contributed by atoms with Gasteiger partial charge in [-0.15, -0.1) is 0 Å². The van der Waals surface area contributed by atoms with E-state index >= 15 is 0 Å². The van der Waals surface area contributed by atoms with E-state index in [2.05, 4.69) is 33.4 Å². The van der Waals surface area contributed by atoms with Crippen LogP contribution in [0.1, 0.15) is 39.2 Å². The van der Waals surface area contributed by atoms with Gasteiger partial charge in [-0.05, 0) is 67.2 Å². The molecule has 1 N–H and O–H groups in total. The smallest absolute Gasteiger partial charge is 0.175 e. The first-order valence-electron chi connectivity index (χ1n) is 8.04. The van der Waals surface area contributed by atoms with Crippen molar-refractivity contribution in [1.82, 2.24) is 5.32 Å². The van der Waals surface area contributed by atoms with Crippen molar-refractivity contribution in [3.05, 3.63) is 22.2 Å². The van der Waals surface area contributed by atoms with E-state index in [0.717, 1.165) is 42.1 Å². The van der Waals surface area contributed by atoms with E-state index in [-0.39, 0.29) is 6.10 Å². The summed E-state index contributed by atoms with van der Waals surface area (Å²) in [5.74, 6) is 1.57. The van der Waals surface area contributed by atoms with Crippen molar-refractivity contribution in [2.24, 2.45) is 0 Å². The number of ether oxygens (including phenoxy) is 3. The summed E-state index contributed by atoms with van der Waals surface area (Å²) in [6, 6.07) is 4.14. The van der Waals surface area contributed by atoms with Crippen LogP contribution in [0.25, 0.3) is 0 Å². The first-order chi connectivity index (χ1) is 10.6. The largest absolute Gasteiger partial charge is 0.490 e. The molecule has 0 spiro atoms. The molecular weight excluding hydrogens is 346 g/mol. The molecule has 1 heterocycles. The van der Waals surface area contributed by atoms with Gasteiger partial charge in [0.1, 0.15) is 0 Å². The van der Waals surface area contributed by atoms with Crippen LogP contribution in [0, 0.1) is 0 Å². The summed E-state index contributed by atoms with van der Waals surface area (Å²) in [6.45, 7) is 9.21. The Kier molecular flexibility index (Phi) is 6.99. The fourth-order valence-corrected chi connectivity index (χ4v) is 3.10. The summed E-state index contributed by atoms with van der Waals surface area (Å²) in [7, 11) is 0. The van der Waals surface area contributed by atoms with Crippen LogP contribution >= 0.6 is 15.9 Å². The predicted molar refractivity (Wildman–Crippen MR) is 91.8 cm³/mol. The maximum Gasteiger partial charge on any atom is 0.175 e. The van der Waals surface area contributed by atoms with Gasteiger partial charge in [-0.1, -0.05) is 0 Å². The van der Waals surface area contributed by atoms with Gasteiger partial charge in [0.05, 0.1) is 23.3 Å². The number of nitrogens with one attached hydrogen (secondary N) is 1. The highest BCUT2D eigenvalue weighted by molar-refractivity contribution is 9.10. The molecule has 1 aromatic carbocycles. The fourth-order valence-electron chi connectivity index (χ4n) is 2.52. The summed E-state index contributed by atoms with van der Waals surface area (Å²) in [5.41, 5.74) is 1.17. The third kappa shape index (κ3) is 5.14. The number of rotatable bonds is 8. The Morgan fingerprint density at radius 2 is 2.23 bits per heavy atom. The zero-order valence-corrected chi connectivity index (χ0v) is 15.2. The van der Waals surface area contributed by atoms with Gasteiger partial charge in [-0.25, -0.2) is 0 Å².